The molecule has 1 heterocycles. The fourth-order valence-electron chi connectivity index (χ4n) is 3.20. The van der Waals surface area contributed by atoms with Gasteiger partial charge in [-0.2, -0.15) is 0 Å². The predicted molar refractivity (Wildman–Crippen MR) is 131 cm³/mol. The zero-order valence-electron chi connectivity index (χ0n) is 18.0. The molecule has 0 fully saturated rings. The lowest BCUT2D eigenvalue weighted by Gasteiger charge is -2.19. The van der Waals surface area contributed by atoms with Gasteiger partial charge in [0.2, 0.25) is 5.91 Å². The monoisotopic (exact) mass is 467 g/mol. The van der Waals surface area contributed by atoms with Crippen LogP contribution >= 0.6 is 11.6 Å². The number of hydrogen-bond acceptors (Lipinski definition) is 4. The first-order valence-corrected chi connectivity index (χ1v) is 11.0. The maximum atomic E-state index is 12.9. The number of nitrogens with one attached hydrogen (secondary N) is 3. The van der Waals surface area contributed by atoms with E-state index in [1.165, 1.54) is 10.6 Å². The van der Waals surface area contributed by atoms with E-state index in [2.05, 4.69) is 16.0 Å². The smallest absolute Gasteiger partial charge is 0.319 e. The summed E-state index contributed by atoms with van der Waals surface area (Å²) < 4.78 is 1.50. The largest absolute Gasteiger partial charge is 0.330 e. The average molecular weight is 468 g/mol. The summed E-state index contributed by atoms with van der Waals surface area (Å²) >= 11 is 5.87. The lowest BCUT2D eigenvalue weighted by molar-refractivity contribution is -0.118. The molecular formula is C24H26ClN5O3. The number of aromatic nitrogens is 1. The van der Waals surface area contributed by atoms with Crippen LogP contribution in [0.25, 0.3) is 5.69 Å². The molecule has 0 radical (unpaired) electrons. The van der Waals surface area contributed by atoms with Crippen LogP contribution in [0.1, 0.15) is 19.3 Å². The highest BCUT2D eigenvalue weighted by Crippen LogP contribution is 2.15. The van der Waals surface area contributed by atoms with Gasteiger partial charge in [-0.25, -0.2) is 4.79 Å². The maximum absolute atomic E-state index is 12.9. The standard InChI is InChI=1S/C24H26ClN5O3/c25-17-7-9-19(10-8-17)28-24(33)29-21(5-1-3-15-26)23(32)27-18-11-13-20(14-12-18)30-16-4-2-6-22(30)31/h2,4,6-14,16,21H,1,3,5,15,26H2,(H,27,32)(H2,28,29,33)/t21-/m0/s1. The second-order valence-electron chi connectivity index (χ2n) is 7.39. The Hall–Kier alpha value is -3.62. The Balaban J connectivity index is 1.65. The summed E-state index contributed by atoms with van der Waals surface area (Å²) in [5, 5.41) is 8.80. The van der Waals surface area contributed by atoms with Crippen molar-refractivity contribution >= 4 is 34.9 Å². The van der Waals surface area contributed by atoms with Gasteiger partial charge in [0, 0.05) is 34.3 Å². The molecule has 1 aromatic heterocycles. The Bertz CT molecular complexity index is 1130. The molecule has 9 heteroatoms. The molecule has 0 unspecified atom stereocenters. The van der Waals surface area contributed by atoms with E-state index >= 15 is 0 Å². The molecule has 33 heavy (non-hydrogen) atoms. The molecule has 0 spiro atoms. The highest BCUT2D eigenvalue weighted by molar-refractivity contribution is 6.30. The summed E-state index contributed by atoms with van der Waals surface area (Å²) in [5.74, 6) is -0.345. The summed E-state index contributed by atoms with van der Waals surface area (Å²) in [6.45, 7) is 0.506. The van der Waals surface area contributed by atoms with Crippen molar-refractivity contribution in [2.24, 2.45) is 5.73 Å². The van der Waals surface area contributed by atoms with Crippen molar-refractivity contribution in [1.29, 1.82) is 0 Å². The van der Waals surface area contributed by atoms with Gasteiger partial charge in [-0.3, -0.25) is 14.2 Å². The first-order valence-electron chi connectivity index (χ1n) is 10.6. The van der Waals surface area contributed by atoms with Crippen molar-refractivity contribution in [2.75, 3.05) is 17.2 Å². The van der Waals surface area contributed by atoms with Crippen LogP contribution in [0.2, 0.25) is 5.02 Å². The number of amides is 3. The van der Waals surface area contributed by atoms with Gasteiger partial charge >= 0.3 is 6.03 Å². The minimum atomic E-state index is -0.750. The van der Waals surface area contributed by atoms with Gasteiger partial charge < -0.3 is 21.7 Å². The number of urea groups is 1. The van der Waals surface area contributed by atoms with Crippen LogP contribution in [0, 0.1) is 0 Å². The van der Waals surface area contributed by atoms with E-state index in [4.69, 9.17) is 17.3 Å². The normalized spacial score (nSPS) is 11.5. The molecular weight excluding hydrogens is 442 g/mol. The number of halogens is 1. The molecule has 0 aliphatic rings. The molecule has 0 bridgehead atoms. The van der Waals surface area contributed by atoms with Gasteiger partial charge in [0.1, 0.15) is 6.04 Å². The first-order chi connectivity index (χ1) is 16.0. The fraction of sp³-hybridized carbons (Fsp3) is 0.208. The van der Waals surface area contributed by atoms with Crippen LogP contribution in [0.4, 0.5) is 16.2 Å². The Labute approximate surface area is 196 Å². The minimum Gasteiger partial charge on any atom is -0.330 e. The maximum Gasteiger partial charge on any atom is 0.319 e. The second-order valence-corrected chi connectivity index (χ2v) is 7.82. The zero-order chi connectivity index (χ0) is 23.6. The van der Waals surface area contributed by atoms with Crippen LogP contribution in [-0.4, -0.2) is 29.1 Å². The molecule has 0 aliphatic heterocycles. The van der Waals surface area contributed by atoms with Crippen molar-refractivity contribution < 1.29 is 9.59 Å². The average Bonchev–Trinajstić information content (AvgIpc) is 2.81. The number of rotatable bonds is 9. The van der Waals surface area contributed by atoms with Crippen molar-refractivity contribution in [2.45, 2.75) is 25.3 Å². The Kier molecular flexibility index (Phi) is 8.63. The van der Waals surface area contributed by atoms with Gasteiger partial charge in [0.05, 0.1) is 0 Å². The highest BCUT2D eigenvalue weighted by Gasteiger charge is 2.21. The molecule has 0 saturated heterocycles. The number of anilines is 2. The first kappa shape index (κ1) is 24.0. The van der Waals surface area contributed by atoms with E-state index in [0.717, 1.165) is 6.42 Å². The summed E-state index contributed by atoms with van der Waals surface area (Å²) in [4.78, 5) is 37.3. The number of hydrogen-bond donors (Lipinski definition) is 4. The molecule has 5 N–H and O–H groups in total. The molecule has 2 aromatic carbocycles. The van der Waals surface area contributed by atoms with Crippen LogP contribution in [0.15, 0.2) is 77.7 Å². The molecule has 3 rings (SSSR count). The van der Waals surface area contributed by atoms with Gasteiger partial charge in [0.15, 0.2) is 0 Å². The number of carbonyl (C=O) groups excluding carboxylic acids is 2. The number of unbranched alkanes of at least 4 members (excludes halogenated alkanes) is 1. The molecule has 3 aromatic rings. The summed E-state index contributed by atoms with van der Waals surface area (Å²) in [7, 11) is 0. The topological polar surface area (TPSA) is 118 Å². The number of pyridine rings is 1. The third kappa shape index (κ3) is 7.20. The summed E-state index contributed by atoms with van der Waals surface area (Å²) in [6, 6.07) is 17.2. The minimum absolute atomic E-state index is 0.148. The molecule has 8 nitrogen and oxygen atoms in total. The second kappa shape index (κ2) is 11.8. The van der Waals surface area contributed by atoms with Gasteiger partial charge in [-0.05, 0) is 80.4 Å². The Morgan fingerprint density at radius 1 is 0.909 bits per heavy atom. The fourth-order valence-corrected chi connectivity index (χ4v) is 3.32. The molecule has 1 atom stereocenters. The third-order valence-corrected chi connectivity index (χ3v) is 5.16. The van der Waals surface area contributed by atoms with Crippen LogP contribution in [0.3, 0.4) is 0 Å². The van der Waals surface area contributed by atoms with E-state index in [-0.39, 0.29) is 11.5 Å². The number of benzene rings is 2. The third-order valence-electron chi connectivity index (χ3n) is 4.91. The molecule has 0 aliphatic carbocycles. The van der Waals surface area contributed by atoms with E-state index in [1.807, 2.05) is 0 Å². The van der Waals surface area contributed by atoms with E-state index < -0.39 is 12.1 Å². The van der Waals surface area contributed by atoms with Gasteiger partial charge in [0.25, 0.3) is 5.56 Å². The molecule has 3 amide bonds. The van der Waals surface area contributed by atoms with Crippen molar-refractivity contribution in [3.63, 3.8) is 0 Å². The van der Waals surface area contributed by atoms with Crippen LogP contribution < -0.4 is 27.2 Å². The molecule has 0 saturated carbocycles. The lowest BCUT2D eigenvalue weighted by atomic mass is 10.1. The Morgan fingerprint density at radius 3 is 2.24 bits per heavy atom. The number of carbonyl (C=O) groups is 2. The van der Waals surface area contributed by atoms with Crippen molar-refractivity contribution in [1.82, 2.24) is 9.88 Å². The predicted octanol–water partition coefficient (Wildman–Crippen LogP) is 3.75. The van der Waals surface area contributed by atoms with E-state index in [9.17, 15) is 14.4 Å². The SMILES string of the molecule is NCCCC[C@H](NC(=O)Nc1ccc(Cl)cc1)C(=O)Nc1ccc(-n2ccccc2=O)cc1. The zero-order valence-corrected chi connectivity index (χ0v) is 18.7. The van der Waals surface area contributed by atoms with Gasteiger partial charge in [-0.15, -0.1) is 0 Å². The van der Waals surface area contributed by atoms with Crippen molar-refractivity contribution in [3.8, 4) is 5.69 Å². The lowest BCUT2D eigenvalue weighted by Crippen LogP contribution is -2.45. The Morgan fingerprint density at radius 2 is 1.58 bits per heavy atom. The van der Waals surface area contributed by atoms with Gasteiger partial charge in [-0.1, -0.05) is 17.7 Å². The summed E-state index contributed by atoms with van der Waals surface area (Å²) in [5.41, 5.74) is 7.21. The van der Waals surface area contributed by atoms with E-state index in [1.54, 1.807) is 66.9 Å². The highest BCUT2D eigenvalue weighted by atomic mass is 35.5. The molecule has 172 valence electrons. The van der Waals surface area contributed by atoms with E-state index in [0.29, 0.717) is 41.5 Å². The number of nitrogens with zero attached hydrogens (tertiary/aromatic N) is 1. The van der Waals surface area contributed by atoms with Crippen LogP contribution in [-0.2, 0) is 4.79 Å². The summed E-state index contributed by atoms with van der Waals surface area (Å²) in [6.07, 6.45) is 3.54. The number of nitrogens with two attached hydrogens (primary N) is 1. The van der Waals surface area contributed by atoms with Crippen molar-refractivity contribution in [3.05, 3.63) is 88.3 Å². The quantitative estimate of drug-likeness (QED) is 0.358. The van der Waals surface area contributed by atoms with Crippen LogP contribution in [0.5, 0.6) is 0 Å².